The molecule has 2 aromatic carbocycles. The summed E-state index contributed by atoms with van der Waals surface area (Å²) in [7, 11) is 0. The molecule has 0 spiro atoms. The van der Waals surface area contributed by atoms with Crippen LogP contribution in [0.15, 0.2) is 60.7 Å². The van der Waals surface area contributed by atoms with Crippen LogP contribution in [-0.4, -0.2) is 73.5 Å². The number of benzene rings is 2. The fourth-order valence-electron chi connectivity index (χ4n) is 3.46. The first-order valence-corrected chi connectivity index (χ1v) is 13.4. The Bertz CT molecular complexity index is 1070. The van der Waals surface area contributed by atoms with Crippen molar-refractivity contribution in [3.8, 4) is 11.8 Å². The molecule has 3 rings (SSSR count). The monoisotopic (exact) mass is 537 g/mol. The third-order valence-electron chi connectivity index (χ3n) is 5.45. The first kappa shape index (κ1) is 29.8. The van der Waals surface area contributed by atoms with Crippen molar-refractivity contribution in [2.24, 2.45) is 5.73 Å². The highest BCUT2D eigenvalue weighted by Gasteiger charge is 2.09. The highest BCUT2D eigenvalue weighted by Crippen LogP contribution is 2.19. The lowest BCUT2D eigenvalue weighted by molar-refractivity contribution is 0.0519. The summed E-state index contributed by atoms with van der Waals surface area (Å²) in [5.74, 6) is 1.38. The number of nitrogens with one attached hydrogen (secondary N) is 3. The highest BCUT2D eigenvalue weighted by molar-refractivity contribution is 5.94. The zero-order valence-corrected chi connectivity index (χ0v) is 22.3. The summed E-state index contributed by atoms with van der Waals surface area (Å²) in [5.41, 5.74) is 6.19. The number of carbonyl (C=O) groups excluding carboxylic acids is 1. The van der Waals surface area contributed by atoms with Gasteiger partial charge in [0.1, 0.15) is 5.75 Å². The number of rotatable bonds is 20. The van der Waals surface area contributed by atoms with E-state index in [9.17, 15) is 4.79 Å². The van der Waals surface area contributed by atoms with Crippen LogP contribution in [0.5, 0.6) is 11.8 Å². The van der Waals surface area contributed by atoms with E-state index in [1.165, 1.54) is 0 Å². The number of hydrogen-bond acceptors (Lipinski definition) is 10. The predicted octanol–water partition coefficient (Wildman–Crippen LogP) is 3.47. The largest absolute Gasteiger partial charge is 0.424 e. The Morgan fingerprint density at radius 3 is 2.00 bits per heavy atom. The van der Waals surface area contributed by atoms with E-state index in [1.54, 1.807) is 12.1 Å². The fraction of sp³-hybridized carbons (Fsp3) is 0.429. The van der Waals surface area contributed by atoms with Crippen molar-refractivity contribution < 1.29 is 19.0 Å². The number of ether oxygens (including phenoxy) is 3. The van der Waals surface area contributed by atoms with Gasteiger partial charge in [-0.2, -0.15) is 15.0 Å². The summed E-state index contributed by atoms with van der Waals surface area (Å²) in [5, 5.41) is 9.23. The van der Waals surface area contributed by atoms with E-state index < -0.39 is 0 Å². The Morgan fingerprint density at radius 1 is 0.692 bits per heavy atom. The molecule has 0 saturated carbocycles. The molecule has 0 aliphatic rings. The standard InChI is InChI=1S/C28H39N7O4/c29-15-9-1-2-10-16-31-26-33-27(35-28(34-26)39-24-13-7-4-8-14-24)32-18-20-38-22-21-37-19-17-30-25(36)23-11-5-3-6-12-23/h3-8,11-14H,1-2,9-10,15-22,29H2,(H,30,36)(H2,31,32,33,34,35). The molecule has 1 amide bonds. The number of carbonyl (C=O) groups is 1. The van der Waals surface area contributed by atoms with E-state index in [0.717, 1.165) is 38.8 Å². The Kier molecular flexibility index (Phi) is 14.1. The van der Waals surface area contributed by atoms with Gasteiger partial charge in [0.15, 0.2) is 0 Å². The molecule has 0 unspecified atom stereocenters. The maximum absolute atomic E-state index is 12.0. The summed E-state index contributed by atoms with van der Waals surface area (Å²) in [4.78, 5) is 25.2. The van der Waals surface area contributed by atoms with Crippen molar-refractivity contribution in [2.45, 2.75) is 25.7 Å². The summed E-state index contributed by atoms with van der Waals surface area (Å²) in [6, 6.07) is 18.7. The number of aromatic nitrogens is 3. The minimum Gasteiger partial charge on any atom is -0.424 e. The smallest absolute Gasteiger partial charge is 0.328 e. The third kappa shape index (κ3) is 12.5. The predicted molar refractivity (Wildman–Crippen MR) is 151 cm³/mol. The lowest BCUT2D eigenvalue weighted by atomic mass is 10.2. The van der Waals surface area contributed by atoms with Crippen LogP contribution in [0.25, 0.3) is 0 Å². The van der Waals surface area contributed by atoms with E-state index in [0.29, 0.717) is 62.7 Å². The molecule has 11 nitrogen and oxygen atoms in total. The molecule has 0 fully saturated rings. The number of hydrogen-bond donors (Lipinski definition) is 4. The number of amides is 1. The van der Waals surface area contributed by atoms with Crippen LogP contribution in [-0.2, 0) is 9.47 Å². The van der Waals surface area contributed by atoms with Gasteiger partial charge in [-0.1, -0.05) is 49.2 Å². The molecule has 0 radical (unpaired) electrons. The van der Waals surface area contributed by atoms with E-state index >= 15 is 0 Å². The lowest BCUT2D eigenvalue weighted by Crippen LogP contribution is -2.27. The second kappa shape index (κ2) is 18.5. The fourth-order valence-corrected chi connectivity index (χ4v) is 3.46. The van der Waals surface area contributed by atoms with Gasteiger partial charge in [0.2, 0.25) is 11.9 Å². The molecule has 0 aliphatic carbocycles. The SMILES string of the molecule is NCCCCCCNc1nc(NCCOCCOCCNC(=O)c2ccccc2)nc(Oc2ccccc2)n1. The molecule has 0 saturated heterocycles. The lowest BCUT2D eigenvalue weighted by Gasteiger charge is -2.11. The van der Waals surface area contributed by atoms with Gasteiger partial charge in [-0.15, -0.1) is 0 Å². The quantitative estimate of drug-likeness (QED) is 0.158. The van der Waals surface area contributed by atoms with Crippen LogP contribution >= 0.6 is 0 Å². The van der Waals surface area contributed by atoms with Crippen LogP contribution in [0.4, 0.5) is 11.9 Å². The molecular formula is C28H39N7O4. The minimum absolute atomic E-state index is 0.113. The molecule has 1 aromatic heterocycles. The van der Waals surface area contributed by atoms with Gasteiger partial charge in [-0.05, 0) is 43.7 Å². The van der Waals surface area contributed by atoms with Gasteiger partial charge in [-0.3, -0.25) is 4.79 Å². The number of nitrogens with zero attached hydrogens (tertiary/aromatic N) is 3. The summed E-state index contributed by atoms with van der Waals surface area (Å²) in [6.45, 7) is 4.13. The molecule has 1 heterocycles. The van der Waals surface area contributed by atoms with Gasteiger partial charge in [0.05, 0.1) is 26.4 Å². The Balaban J connectivity index is 1.33. The maximum Gasteiger partial charge on any atom is 0.328 e. The van der Waals surface area contributed by atoms with Crippen LogP contribution in [0, 0.1) is 0 Å². The molecule has 11 heteroatoms. The summed E-state index contributed by atoms with van der Waals surface area (Å²) in [6.07, 6.45) is 4.24. The van der Waals surface area contributed by atoms with Gasteiger partial charge >= 0.3 is 6.01 Å². The first-order chi connectivity index (χ1) is 19.2. The van der Waals surface area contributed by atoms with E-state index in [2.05, 4.69) is 30.9 Å². The number of unbranched alkanes of at least 4 members (excludes halogenated alkanes) is 3. The summed E-state index contributed by atoms with van der Waals surface area (Å²) >= 11 is 0. The molecule has 0 aliphatic heterocycles. The maximum atomic E-state index is 12.0. The highest BCUT2D eigenvalue weighted by atomic mass is 16.5. The topological polar surface area (TPSA) is 146 Å². The van der Waals surface area contributed by atoms with Crippen molar-refractivity contribution in [1.82, 2.24) is 20.3 Å². The molecule has 5 N–H and O–H groups in total. The van der Waals surface area contributed by atoms with Crippen molar-refractivity contribution in [2.75, 3.05) is 63.2 Å². The minimum atomic E-state index is -0.113. The molecule has 210 valence electrons. The number of anilines is 2. The Morgan fingerprint density at radius 2 is 1.31 bits per heavy atom. The Labute approximate surface area is 229 Å². The first-order valence-electron chi connectivity index (χ1n) is 13.4. The van der Waals surface area contributed by atoms with Crippen molar-refractivity contribution in [1.29, 1.82) is 0 Å². The van der Waals surface area contributed by atoms with Crippen LogP contribution in [0.1, 0.15) is 36.0 Å². The zero-order chi connectivity index (χ0) is 27.4. The second-order valence-electron chi connectivity index (χ2n) is 8.58. The molecule has 0 atom stereocenters. The molecular weight excluding hydrogens is 498 g/mol. The molecule has 39 heavy (non-hydrogen) atoms. The van der Waals surface area contributed by atoms with Crippen molar-refractivity contribution >= 4 is 17.8 Å². The number of nitrogens with two attached hydrogens (primary N) is 1. The second-order valence-corrected chi connectivity index (χ2v) is 8.58. The van der Waals surface area contributed by atoms with Crippen LogP contribution in [0.3, 0.4) is 0 Å². The molecule has 3 aromatic rings. The van der Waals surface area contributed by atoms with Gasteiger partial charge in [-0.25, -0.2) is 0 Å². The number of para-hydroxylation sites is 1. The van der Waals surface area contributed by atoms with Crippen LogP contribution in [0.2, 0.25) is 0 Å². The van der Waals surface area contributed by atoms with Gasteiger partial charge in [0.25, 0.3) is 5.91 Å². The Hall–Kier alpha value is -3.80. The van der Waals surface area contributed by atoms with Gasteiger partial charge < -0.3 is 35.9 Å². The average molecular weight is 538 g/mol. The zero-order valence-electron chi connectivity index (χ0n) is 22.3. The van der Waals surface area contributed by atoms with Crippen LogP contribution < -0.4 is 26.4 Å². The van der Waals surface area contributed by atoms with Crippen molar-refractivity contribution in [3.05, 3.63) is 66.2 Å². The third-order valence-corrected chi connectivity index (χ3v) is 5.45. The average Bonchev–Trinajstić information content (AvgIpc) is 2.96. The van der Waals surface area contributed by atoms with Crippen molar-refractivity contribution in [3.63, 3.8) is 0 Å². The van der Waals surface area contributed by atoms with E-state index in [1.807, 2.05) is 48.5 Å². The summed E-state index contributed by atoms with van der Waals surface area (Å²) < 4.78 is 17.0. The normalized spacial score (nSPS) is 10.7. The van der Waals surface area contributed by atoms with E-state index in [4.69, 9.17) is 19.9 Å². The van der Waals surface area contributed by atoms with Gasteiger partial charge in [0, 0.05) is 25.2 Å². The van der Waals surface area contributed by atoms with E-state index in [-0.39, 0.29) is 11.9 Å². The molecule has 0 bridgehead atoms.